The maximum atomic E-state index is 11.1. The summed E-state index contributed by atoms with van der Waals surface area (Å²) in [6.07, 6.45) is 4.50. The van der Waals surface area contributed by atoms with E-state index in [-0.39, 0.29) is 17.4 Å². The van der Waals surface area contributed by atoms with Crippen LogP contribution in [0.15, 0.2) is 18.2 Å². The van der Waals surface area contributed by atoms with Crippen LogP contribution in [-0.4, -0.2) is 35.3 Å². The zero-order valence-electron chi connectivity index (χ0n) is 14.2. The molecule has 1 spiro atoms. The lowest BCUT2D eigenvalue weighted by molar-refractivity contribution is -0.246. The van der Waals surface area contributed by atoms with Crippen LogP contribution in [0, 0.1) is 17.3 Å². The Balaban J connectivity index is 1.56. The highest BCUT2D eigenvalue weighted by Gasteiger charge is 2.66. The van der Waals surface area contributed by atoms with Gasteiger partial charge in [-0.3, -0.25) is 0 Å². The number of ether oxygens (including phenoxy) is 2. The maximum absolute atomic E-state index is 11.1. The molecule has 0 bridgehead atoms. The Kier molecular flexibility index (Phi) is 3.14. The van der Waals surface area contributed by atoms with E-state index in [1.807, 2.05) is 12.1 Å². The SMILES string of the molecule is CC12C[C@@H](O)C3c4ccc(O)cc4CCC3C1CCC21OCCO1. The van der Waals surface area contributed by atoms with Crippen molar-refractivity contribution >= 4 is 0 Å². The molecule has 3 fully saturated rings. The number of aliphatic hydroxyl groups excluding tert-OH is 1. The Morgan fingerprint density at radius 1 is 1.17 bits per heavy atom. The molecule has 4 unspecified atom stereocenters. The molecule has 1 aliphatic heterocycles. The summed E-state index contributed by atoms with van der Waals surface area (Å²) in [5.41, 5.74) is 2.35. The zero-order valence-corrected chi connectivity index (χ0v) is 14.2. The van der Waals surface area contributed by atoms with E-state index in [9.17, 15) is 10.2 Å². The quantitative estimate of drug-likeness (QED) is 0.768. The van der Waals surface area contributed by atoms with Crippen molar-refractivity contribution < 1.29 is 19.7 Å². The van der Waals surface area contributed by atoms with Gasteiger partial charge in [0.25, 0.3) is 0 Å². The molecular weight excluding hydrogens is 304 g/mol. The zero-order chi connectivity index (χ0) is 16.5. The first kappa shape index (κ1) is 15.2. The monoisotopic (exact) mass is 330 g/mol. The molecule has 0 radical (unpaired) electrons. The number of aliphatic hydroxyl groups is 1. The molecule has 4 nitrogen and oxygen atoms in total. The van der Waals surface area contributed by atoms with Crippen LogP contribution in [0.2, 0.25) is 0 Å². The minimum Gasteiger partial charge on any atom is -0.508 e. The van der Waals surface area contributed by atoms with Gasteiger partial charge in [0.1, 0.15) is 5.75 Å². The lowest BCUT2D eigenvalue weighted by Crippen LogP contribution is -2.55. The molecule has 5 rings (SSSR count). The number of hydrogen-bond donors (Lipinski definition) is 2. The minimum absolute atomic E-state index is 0.0987. The van der Waals surface area contributed by atoms with Crippen molar-refractivity contribution in [3.8, 4) is 5.75 Å². The van der Waals surface area contributed by atoms with Crippen LogP contribution in [0.3, 0.4) is 0 Å². The number of fused-ring (bicyclic) bond motifs is 6. The Morgan fingerprint density at radius 3 is 2.75 bits per heavy atom. The Morgan fingerprint density at radius 2 is 1.96 bits per heavy atom. The molecule has 130 valence electrons. The van der Waals surface area contributed by atoms with Gasteiger partial charge in [-0.25, -0.2) is 0 Å². The first-order valence-corrected chi connectivity index (χ1v) is 9.32. The molecule has 4 aliphatic rings. The summed E-state index contributed by atoms with van der Waals surface area (Å²) < 4.78 is 12.2. The second-order valence-corrected chi connectivity index (χ2v) is 8.40. The number of rotatable bonds is 0. The molecule has 1 heterocycles. The first-order chi connectivity index (χ1) is 11.5. The van der Waals surface area contributed by atoms with Gasteiger partial charge in [0, 0.05) is 17.8 Å². The standard InChI is InChI=1S/C20H26O4/c1-19-11-17(22)18-14-5-3-13(21)10-12(14)2-4-15(18)16(19)6-7-20(19)23-8-9-24-20/h3,5,10,15-18,21-22H,2,4,6-9,11H2,1H3/t15?,16?,17-,18?,19?/m1/s1. The summed E-state index contributed by atoms with van der Waals surface area (Å²) >= 11 is 0. The van der Waals surface area contributed by atoms with Crippen LogP contribution in [0.25, 0.3) is 0 Å². The van der Waals surface area contributed by atoms with Gasteiger partial charge >= 0.3 is 0 Å². The fourth-order valence-electron chi connectivity index (χ4n) is 6.53. The highest BCUT2D eigenvalue weighted by atomic mass is 16.7. The fourth-order valence-corrected chi connectivity index (χ4v) is 6.53. The van der Waals surface area contributed by atoms with Crippen LogP contribution in [0.1, 0.15) is 49.7 Å². The van der Waals surface area contributed by atoms with Crippen LogP contribution in [-0.2, 0) is 15.9 Å². The smallest absolute Gasteiger partial charge is 0.174 e. The van der Waals surface area contributed by atoms with Crippen molar-refractivity contribution in [3.05, 3.63) is 29.3 Å². The number of phenolic OH excluding ortho intramolecular Hbond substituents is 1. The Hall–Kier alpha value is -1.10. The molecule has 2 N–H and O–H groups in total. The van der Waals surface area contributed by atoms with Crippen molar-refractivity contribution in [2.24, 2.45) is 17.3 Å². The first-order valence-electron chi connectivity index (χ1n) is 9.32. The molecule has 24 heavy (non-hydrogen) atoms. The molecule has 0 aromatic heterocycles. The fraction of sp³-hybridized carbons (Fsp3) is 0.700. The van der Waals surface area contributed by atoms with Crippen LogP contribution < -0.4 is 0 Å². The van der Waals surface area contributed by atoms with Crippen LogP contribution in [0.4, 0.5) is 0 Å². The average Bonchev–Trinajstić information content (AvgIpc) is 3.14. The molecule has 1 saturated heterocycles. The highest BCUT2D eigenvalue weighted by molar-refractivity contribution is 5.41. The predicted octanol–water partition coefficient (Wildman–Crippen LogP) is 2.96. The second-order valence-electron chi connectivity index (χ2n) is 8.40. The predicted molar refractivity (Wildman–Crippen MR) is 88.7 cm³/mol. The van der Waals surface area contributed by atoms with Crippen LogP contribution >= 0.6 is 0 Å². The average molecular weight is 330 g/mol. The third-order valence-electron chi connectivity index (χ3n) is 7.49. The van der Waals surface area contributed by atoms with Gasteiger partial charge in [-0.15, -0.1) is 0 Å². The molecule has 3 aliphatic carbocycles. The summed E-state index contributed by atoms with van der Waals surface area (Å²) in [5, 5.41) is 20.9. The van der Waals surface area contributed by atoms with Gasteiger partial charge in [0.05, 0.1) is 19.3 Å². The van der Waals surface area contributed by atoms with E-state index in [1.165, 1.54) is 11.1 Å². The topological polar surface area (TPSA) is 58.9 Å². The molecule has 0 amide bonds. The Bertz CT molecular complexity index is 666. The Labute approximate surface area is 142 Å². The lowest BCUT2D eigenvalue weighted by atomic mass is 9.53. The van der Waals surface area contributed by atoms with Gasteiger partial charge in [0.15, 0.2) is 5.79 Å². The van der Waals surface area contributed by atoms with Gasteiger partial charge in [-0.2, -0.15) is 0 Å². The lowest BCUT2D eigenvalue weighted by Gasteiger charge is -2.54. The molecule has 4 heteroatoms. The van der Waals surface area contributed by atoms with E-state index in [2.05, 4.69) is 6.92 Å². The summed E-state index contributed by atoms with van der Waals surface area (Å²) in [4.78, 5) is 0. The molecule has 1 aromatic carbocycles. The van der Waals surface area contributed by atoms with Crippen molar-refractivity contribution in [3.63, 3.8) is 0 Å². The van der Waals surface area contributed by atoms with Gasteiger partial charge < -0.3 is 19.7 Å². The van der Waals surface area contributed by atoms with Gasteiger partial charge in [-0.1, -0.05) is 13.0 Å². The molecular formula is C20H26O4. The van der Waals surface area contributed by atoms with Gasteiger partial charge in [-0.05, 0) is 60.8 Å². The van der Waals surface area contributed by atoms with E-state index >= 15 is 0 Å². The van der Waals surface area contributed by atoms with E-state index in [0.29, 0.717) is 30.8 Å². The van der Waals surface area contributed by atoms with Crippen molar-refractivity contribution in [2.45, 2.75) is 56.8 Å². The van der Waals surface area contributed by atoms with E-state index in [1.54, 1.807) is 6.07 Å². The summed E-state index contributed by atoms with van der Waals surface area (Å²) in [5.74, 6) is 1.05. The van der Waals surface area contributed by atoms with E-state index < -0.39 is 5.79 Å². The molecule has 2 saturated carbocycles. The second kappa shape index (κ2) is 4.96. The van der Waals surface area contributed by atoms with Crippen molar-refractivity contribution in [1.29, 1.82) is 0 Å². The number of phenols is 1. The minimum atomic E-state index is -0.473. The molecule has 5 atom stereocenters. The summed E-state index contributed by atoms with van der Waals surface area (Å²) in [7, 11) is 0. The van der Waals surface area contributed by atoms with Crippen molar-refractivity contribution in [1.82, 2.24) is 0 Å². The molecule has 1 aromatic rings. The third kappa shape index (κ3) is 1.80. The highest BCUT2D eigenvalue weighted by Crippen LogP contribution is 2.66. The van der Waals surface area contributed by atoms with E-state index in [0.717, 1.165) is 32.1 Å². The summed E-state index contributed by atoms with van der Waals surface area (Å²) in [6.45, 7) is 3.63. The normalized spacial score (nSPS) is 42.6. The number of aryl methyl sites for hydroxylation is 1. The number of aromatic hydroxyl groups is 1. The number of benzene rings is 1. The third-order valence-corrected chi connectivity index (χ3v) is 7.49. The maximum Gasteiger partial charge on any atom is 0.174 e. The van der Waals surface area contributed by atoms with Crippen molar-refractivity contribution in [2.75, 3.05) is 13.2 Å². The van der Waals surface area contributed by atoms with E-state index in [4.69, 9.17) is 9.47 Å². The van der Waals surface area contributed by atoms with Gasteiger partial charge in [0.2, 0.25) is 0 Å². The number of hydrogen-bond acceptors (Lipinski definition) is 4. The van der Waals surface area contributed by atoms with Crippen LogP contribution in [0.5, 0.6) is 5.75 Å². The largest absolute Gasteiger partial charge is 0.508 e. The summed E-state index contributed by atoms with van der Waals surface area (Å²) in [6, 6.07) is 5.67.